The van der Waals surface area contributed by atoms with Crippen molar-refractivity contribution in [1.82, 2.24) is 15.2 Å². The van der Waals surface area contributed by atoms with Crippen molar-refractivity contribution in [1.29, 1.82) is 0 Å². The molecule has 0 radical (unpaired) electrons. The standard InChI is InChI=1S/C22H28N4O3S/c1-14-10-19(24-22(28)29)18-11-16(6-7-20(18)26(14)15(2)27)21-23-12-17(30-21)13-25-8-4-3-5-9-25/h6-7,11-12,14,19,24H,3-5,8-10,13H2,1-2H3,(H,28,29)/t14-,19+/m1/s1. The van der Waals surface area contributed by atoms with E-state index < -0.39 is 6.09 Å². The number of piperidine rings is 1. The zero-order valence-electron chi connectivity index (χ0n) is 17.4. The third kappa shape index (κ3) is 4.34. The minimum atomic E-state index is -1.06. The Bertz CT molecular complexity index is 938. The molecule has 8 heteroatoms. The molecule has 4 rings (SSSR count). The second-order valence-electron chi connectivity index (χ2n) is 8.22. The molecule has 30 heavy (non-hydrogen) atoms. The predicted octanol–water partition coefficient (Wildman–Crippen LogP) is 4.25. The Morgan fingerprint density at radius 2 is 2.03 bits per heavy atom. The first-order valence-corrected chi connectivity index (χ1v) is 11.3. The molecule has 1 aromatic heterocycles. The number of carbonyl (C=O) groups is 2. The molecule has 160 valence electrons. The molecular weight excluding hydrogens is 400 g/mol. The first-order chi connectivity index (χ1) is 14.4. The molecule has 1 aromatic carbocycles. The number of nitrogens with zero attached hydrogens (tertiary/aromatic N) is 3. The number of hydrogen-bond acceptors (Lipinski definition) is 5. The summed E-state index contributed by atoms with van der Waals surface area (Å²) < 4.78 is 0. The van der Waals surface area contributed by atoms with E-state index in [1.165, 1.54) is 24.1 Å². The molecule has 0 saturated carbocycles. The SMILES string of the molecule is CC(=O)N1c2ccc(-c3ncc(CN4CCCCC4)s3)cc2[C@@H](NC(=O)O)C[C@H]1C. The smallest absolute Gasteiger partial charge is 0.405 e. The molecular formula is C22H28N4O3S. The minimum absolute atomic E-state index is 0.0386. The van der Waals surface area contributed by atoms with Crippen molar-refractivity contribution in [2.24, 2.45) is 0 Å². The monoisotopic (exact) mass is 428 g/mol. The van der Waals surface area contributed by atoms with Gasteiger partial charge in [-0.05, 0) is 63.0 Å². The summed E-state index contributed by atoms with van der Waals surface area (Å²) in [7, 11) is 0. The largest absolute Gasteiger partial charge is 0.465 e. The normalized spacial score (nSPS) is 21.9. The van der Waals surface area contributed by atoms with Gasteiger partial charge in [0.1, 0.15) is 5.01 Å². The summed E-state index contributed by atoms with van der Waals surface area (Å²) in [4.78, 5) is 33.7. The van der Waals surface area contributed by atoms with E-state index in [9.17, 15) is 14.7 Å². The zero-order chi connectivity index (χ0) is 21.3. The van der Waals surface area contributed by atoms with Crippen LogP contribution in [0.2, 0.25) is 0 Å². The number of carbonyl (C=O) groups excluding carboxylic acids is 1. The Hall–Kier alpha value is -2.45. The topological polar surface area (TPSA) is 85.8 Å². The van der Waals surface area contributed by atoms with Crippen molar-refractivity contribution >= 4 is 29.0 Å². The lowest BCUT2D eigenvalue weighted by atomic mass is 9.90. The van der Waals surface area contributed by atoms with E-state index in [-0.39, 0.29) is 18.0 Å². The number of likely N-dealkylation sites (tertiary alicyclic amines) is 1. The molecule has 3 heterocycles. The predicted molar refractivity (Wildman–Crippen MR) is 118 cm³/mol. The van der Waals surface area contributed by atoms with Crippen LogP contribution in [0.1, 0.15) is 56.0 Å². The van der Waals surface area contributed by atoms with Gasteiger partial charge in [0.2, 0.25) is 5.91 Å². The van der Waals surface area contributed by atoms with E-state index in [0.717, 1.165) is 41.5 Å². The number of rotatable bonds is 4. The Labute approximate surface area is 180 Å². The molecule has 1 saturated heterocycles. The van der Waals surface area contributed by atoms with Gasteiger partial charge in [0.25, 0.3) is 0 Å². The molecule has 2 amide bonds. The fraction of sp³-hybridized carbons (Fsp3) is 0.500. The number of aromatic nitrogens is 1. The van der Waals surface area contributed by atoms with E-state index in [1.54, 1.807) is 23.2 Å². The number of amides is 2. The van der Waals surface area contributed by atoms with Gasteiger partial charge in [-0.15, -0.1) is 11.3 Å². The highest BCUT2D eigenvalue weighted by molar-refractivity contribution is 7.15. The van der Waals surface area contributed by atoms with Crippen LogP contribution in [-0.2, 0) is 11.3 Å². The Morgan fingerprint density at radius 1 is 1.27 bits per heavy atom. The van der Waals surface area contributed by atoms with Crippen molar-refractivity contribution < 1.29 is 14.7 Å². The van der Waals surface area contributed by atoms with Crippen LogP contribution in [0.25, 0.3) is 10.6 Å². The van der Waals surface area contributed by atoms with Crippen LogP contribution < -0.4 is 10.2 Å². The number of fused-ring (bicyclic) bond motifs is 1. The third-order valence-electron chi connectivity index (χ3n) is 5.95. The van der Waals surface area contributed by atoms with Crippen molar-refractivity contribution in [2.45, 2.75) is 58.2 Å². The van der Waals surface area contributed by atoms with Crippen molar-refractivity contribution in [3.8, 4) is 10.6 Å². The van der Waals surface area contributed by atoms with Gasteiger partial charge in [-0.25, -0.2) is 9.78 Å². The molecule has 2 aliphatic heterocycles. The van der Waals surface area contributed by atoms with E-state index in [0.29, 0.717) is 6.42 Å². The van der Waals surface area contributed by atoms with Gasteiger partial charge in [-0.3, -0.25) is 9.69 Å². The molecule has 2 aliphatic rings. The number of carboxylic acid groups (broad SMARTS) is 1. The lowest BCUT2D eigenvalue weighted by molar-refractivity contribution is -0.117. The molecule has 1 fully saturated rings. The maximum atomic E-state index is 12.2. The summed E-state index contributed by atoms with van der Waals surface area (Å²) in [6.45, 7) is 6.72. The maximum Gasteiger partial charge on any atom is 0.405 e. The minimum Gasteiger partial charge on any atom is -0.465 e. The van der Waals surface area contributed by atoms with E-state index in [4.69, 9.17) is 0 Å². The number of anilines is 1. The van der Waals surface area contributed by atoms with E-state index in [2.05, 4.69) is 15.2 Å². The summed E-state index contributed by atoms with van der Waals surface area (Å²) in [5.41, 5.74) is 2.56. The quantitative estimate of drug-likeness (QED) is 0.760. The highest BCUT2D eigenvalue weighted by Gasteiger charge is 2.33. The van der Waals surface area contributed by atoms with Gasteiger partial charge in [-0.1, -0.05) is 6.42 Å². The zero-order valence-corrected chi connectivity index (χ0v) is 18.2. The first kappa shape index (κ1) is 20.8. The Balaban J connectivity index is 1.63. The van der Waals surface area contributed by atoms with Gasteiger partial charge >= 0.3 is 6.09 Å². The highest BCUT2D eigenvalue weighted by atomic mass is 32.1. The number of thiazole rings is 1. The molecule has 0 aliphatic carbocycles. The fourth-order valence-electron chi connectivity index (χ4n) is 4.61. The van der Waals surface area contributed by atoms with E-state index in [1.807, 2.05) is 31.3 Å². The van der Waals surface area contributed by atoms with Gasteiger partial charge in [-0.2, -0.15) is 0 Å². The molecule has 7 nitrogen and oxygen atoms in total. The third-order valence-corrected chi connectivity index (χ3v) is 6.98. The van der Waals surface area contributed by atoms with Crippen molar-refractivity contribution in [3.63, 3.8) is 0 Å². The Kier molecular flexibility index (Phi) is 6.06. The molecule has 0 unspecified atom stereocenters. The van der Waals surface area contributed by atoms with Crippen molar-refractivity contribution in [3.05, 3.63) is 34.8 Å². The first-order valence-electron chi connectivity index (χ1n) is 10.5. The Morgan fingerprint density at radius 3 is 2.73 bits per heavy atom. The number of nitrogens with one attached hydrogen (secondary N) is 1. The molecule has 2 aromatic rings. The second-order valence-corrected chi connectivity index (χ2v) is 9.33. The van der Waals surface area contributed by atoms with Crippen LogP contribution in [0, 0.1) is 0 Å². The van der Waals surface area contributed by atoms with E-state index >= 15 is 0 Å². The van der Waals surface area contributed by atoms with Crippen LogP contribution >= 0.6 is 11.3 Å². The molecule has 0 bridgehead atoms. The second kappa shape index (κ2) is 8.73. The summed E-state index contributed by atoms with van der Waals surface area (Å²) in [5, 5.41) is 12.8. The maximum absolute atomic E-state index is 12.2. The van der Waals surface area contributed by atoms with Gasteiger partial charge < -0.3 is 15.3 Å². The van der Waals surface area contributed by atoms with Crippen molar-refractivity contribution in [2.75, 3.05) is 18.0 Å². The highest BCUT2D eigenvalue weighted by Crippen LogP contribution is 2.40. The number of hydrogen-bond donors (Lipinski definition) is 2. The van der Waals surface area contributed by atoms with Gasteiger partial charge in [0.05, 0.1) is 6.04 Å². The lowest BCUT2D eigenvalue weighted by Gasteiger charge is -2.39. The lowest BCUT2D eigenvalue weighted by Crippen LogP contribution is -2.45. The summed E-state index contributed by atoms with van der Waals surface area (Å²) in [5.74, 6) is -0.0386. The van der Waals surface area contributed by atoms with Crippen LogP contribution in [0.4, 0.5) is 10.5 Å². The number of benzene rings is 1. The van der Waals surface area contributed by atoms with Crippen LogP contribution in [0.3, 0.4) is 0 Å². The summed E-state index contributed by atoms with van der Waals surface area (Å²) in [6, 6.07) is 5.46. The van der Waals surface area contributed by atoms with Gasteiger partial charge in [0.15, 0.2) is 0 Å². The summed E-state index contributed by atoms with van der Waals surface area (Å²) in [6.07, 6.45) is 5.28. The summed E-state index contributed by atoms with van der Waals surface area (Å²) >= 11 is 1.68. The average Bonchev–Trinajstić information content (AvgIpc) is 3.16. The van der Waals surface area contributed by atoms with Crippen LogP contribution in [-0.4, -0.2) is 46.1 Å². The molecule has 0 spiro atoms. The molecule has 2 atom stereocenters. The van der Waals surface area contributed by atoms with Gasteiger partial charge in [0, 0.05) is 41.8 Å². The van der Waals surface area contributed by atoms with Crippen LogP contribution in [0.5, 0.6) is 0 Å². The van der Waals surface area contributed by atoms with Crippen LogP contribution in [0.15, 0.2) is 24.4 Å². The average molecular weight is 429 g/mol. The molecule has 2 N–H and O–H groups in total. The fourth-order valence-corrected chi connectivity index (χ4v) is 5.57.